The molecule has 17 heavy (non-hydrogen) atoms. The molecule has 88 valence electrons. The molecule has 0 radical (unpaired) electrons. The predicted molar refractivity (Wildman–Crippen MR) is 75.1 cm³/mol. The maximum Gasteiger partial charge on any atom is 0.0440 e. The molecule has 0 atom stereocenters. The third-order valence-electron chi connectivity index (χ3n) is 2.72. The second-order valence-corrected chi connectivity index (χ2v) is 4.06. The first-order valence-electron chi connectivity index (χ1n) is 6.00. The Hall–Kier alpha value is -1.96. The Bertz CT molecular complexity index is 478. The van der Waals surface area contributed by atoms with E-state index >= 15 is 0 Å². The monoisotopic (exact) mass is 226 g/mol. The first-order chi connectivity index (χ1) is 8.33. The molecule has 0 aliphatic carbocycles. The Kier molecular flexibility index (Phi) is 3.66. The molecule has 0 aliphatic rings. The number of anilines is 2. The van der Waals surface area contributed by atoms with Crippen LogP contribution in [0, 0.1) is 0 Å². The number of hydrogen-bond acceptors (Lipinski definition) is 2. The van der Waals surface area contributed by atoms with E-state index in [0.717, 1.165) is 35.5 Å². The summed E-state index contributed by atoms with van der Waals surface area (Å²) in [7, 11) is 0. The van der Waals surface area contributed by atoms with E-state index in [1.54, 1.807) is 0 Å². The highest BCUT2D eigenvalue weighted by atomic mass is 14.9. The molecule has 2 rings (SSSR count). The molecule has 2 nitrogen and oxygen atoms in total. The Morgan fingerprint density at radius 2 is 1.76 bits per heavy atom. The van der Waals surface area contributed by atoms with Crippen molar-refractivity contribution in [1.82, 2.24) is 0 Å². The molecular weight excluding hydrogens is 208 g/mol. The summed E-state index contributed by atoms with van der Waals surface area (Å²) in [5, 5.41) is 3.42. The quantitative estimate of drug-likeness (QED) is 0.779. The van der Waals surface area contributed by atoms with Crippen molar-refractivity contribution >= 4 is 11.4 Å². The number of hydrogen-bond donors (Lipinski definition) is 2. The smallest absolute Gasteiger partial charge is 0.0440 e. The Morgan fingerprint density at radius 3 is 2.47 bits per heavy atom. The summed E-state index contributed by atoms with van der Waals surface area (Å²) >= 11 is 0. The van der Waals surface area contributed by atoms with Crippen LogP contribution in [0.4, 0.5) is 11.4 Å². The standard InChI is InChI=1S/C15H18N2/c1-2-11-17-14-10-6-9-13(16)15(14)12-7-4-3-5-8-12/h3-10,17H,2,11,16H2,1H3. The van der Waals surface area contributed by atoms with Crippen LogP contribution in [0.15, 0.2) is 48.5 Å². The molecule has 0 saturated heterocycles. The second-order valence-electron chi connectivity index (χ2n) is 4.06. The van der Waals surface area contributed by atoms with Gasteiger partial charge in [0.25, 0.3) is 0 Å². The van der Waals surface area contributed by atoms with Crippen molar-refractivity contribution in [3.63, 3.8) is 0 Å². The summed E-state index contributed by atoms with van der Waals surface area (Å²) in [6, 6.07) is 16.3. The molecule has 0 aromatic heterocycles. The molecule has 3 N–H and O–H groups in total. The summed E-state index contributed by atoms with van der Waals surface area (Å²) in [6.45, 7) is 3.12. The predicted octanol–water partition coefficient (Wildman–Crippen LogP) is 3.76. The normalized spacial score (nSPS) is 10.2. The largest absolute Gasteiger partial charge is 0.398 e. The van der Waals surface area contributed by atoms with E-state index in [-0.39, 0.29) is 0 Å². The molecule has 0 spiro atoms. The van der Waals surface area contributed by atoms with Gasteiger partial charge in [-0.15, -0.1) is 0 Å². The fourth-order valence-corrected chi connectivity index (χ4v) is 1.90. The first kappa shape index (κ1) is 11.5. The van der Waals surface area contributed by atoms with Crippen LogP contribution in [0.25, 0.3) is 11.1 Å². The summed E-state index contributed by atoms with van der Waals surface area (Å²) in [5.74, 6) is 0. The molecule has 0 heterocycles. The van der Waals surface area contributed by atoms with E-state index in [0.29, 0.717) is 0 Å². The molecule has 2 aromatic carbocycles. The Labute approximate surface area is 102 Å². The molecule has 2 heteroatoms. The molecule has 0 saturated carbocycles. The molecule has 0 bridgehead atoms. The Morgan fingerprint density at radius 1 is 1.00 bits per heavy atom. The van der Waals surface area contributed by atoms with Crippen molar-refractivity contribution in [2.45, 2.75) is 13.3 Å². The lowest BCUT2D eigenvalue weighted by Gasteiger charge is -2.14. The lowest BCUT2D eigenvalue weighted by molar-refractivity contribution is 0.980. The minimum absolute atomic E-state index is 0.817. The van der Waals surface area contributed by atoms with Gasteiger partial charge in [0, 0.05) is 23.5 Å². The minimum Gasteiger partial charge on any atom is -0.398 e. The molecule has 2 aromatic rings. The van der Waals surface area contributed by atoms with Crippen LogP contribution < -0.4 is 11.1 Å². The summed E-state index contributed by atoms with van der Waals surface area (Å²) < 4.78 is 0. The van der Waals surface area contributed by atoms with Crippen molar-refractivity contribution in [1.29, 1.82) is 0 Å². The second kappa shape index (κ2) is 5.39. The minimum atomic E-state index is 0.817. The average Bonchev–Trinajstić information content (AvgIpc) is 2.37. The van der Waals surface area contributed by atoms with Gasteiger partial charge in [0.1, 0.15) is 0 Å². The zero-order valence-corrected chi connectivity index (χ0v) is 10.1. The van der Waals surface area contributed by atoms with Crippen molar-refractivity contribution in [2.24, 2.45) is 0 Å². The van der Waals surface area contributed by atoms with Gasteiger partial charge in [0.15, 0.2) is 0 Å². The average molecular weight is 226 g/mol. The molecular formula is C15H18N2. The number of benzene rings is 2. The molecule has 0 fully saturated rings. The molecule has 0 unspecified atom stereocenters. The summed E-state index contributed by atoms with van der Waals surface area (Å²) in [6.07, 6.45) is 1.10. The Balaban J connectivity index is 2.44. The number of nitrogens with one attached hydrogen (secondary N) is 1. The topological polar surface area (TPSA) is 38.0 Å². The van der Waals surface area contributed by atoms with Crippen LogP contribution in [0.3, 0.4) is 0 Å². The maximum absolute atomic E-state index is 6.09. The van der Waals surface area contributed by atoms with Crippen LogP contribution in [-0.2, 0) is 0 Å². The number of nitrogen functional groups attached to an aromatic ring is 1. The highest BCUT2D eigenvalue weighted by Crippen LogP contribution is 2.33. The first-order valence-corrected chi connectivity index (χ1v) is 6.00. The van der Waals surface area contributed by atoms with Crippen LogP contribution in [0.1, 0.15) is 13.3 Å². The van der Waals surface area contributed by atoms with Crippen molar-refractivity contribution in [3.05, 3.63) is 48.5 Å². The van der Waals surface area contributed by atoms with Gasteiger partial charge in [-0.25, -0.2) is 0 Å². The van der Waals surface area contributed by atoms with Crippen LogP contribution >= 0.6 is 0 Å². The van der Waals surface area contributed by atoms with Crippen LogP contribution in [-0.4, -0.2) is 6.54 Å². The zero-order valence-electron chi connectivity index (χ0n) is 10.1. The number of nitrogens with two attached hydrogens (primary N) is 1. The van der Waals surface area contributed by atoms with Gasteiger partial charge >= 0.3 is 0 Å². The fourth-order valence-electron chi connectivity index (χ4n) is 1.90. The van der Waals surface area contributed by atoms with Crippen molar-refractivity contribution < 1.29 is 0 Å². The van der Waals surface area contributed by atoms with E-state index in [1.807, 2.05) is 30.3 Å². The fraction of sp³-hybridized carbons (Fsp3) is 0.200. The van der Waals surface area contributed by atoms with Crippen LogP contribution in [0.2, 0.25) is 0 Å². The van der Waals surface area contributed by atoms with Gasteiger partial charge in [-0.3, -0.25) is 0 Å². The van der Waals surface area contributed by atoms with E-state index in [2.05, 4.69) is 30.4 Å². The van der Waals surface area contributed by atoms with Gasteiger partial charge in [0.2, 0.25) is 0 Å². The lowest BCUT2D eigenvalue weighted by atomic mass is 10.0. The third kappa shape index (κ3) is 2.59. The summed E-state index contributed by atoms with van der Waals surface area (Å²) in [4.78, 5) is 0. The molecule has 0 amide bonds. The highest BCUT2D eigenvalue weighted by Gasteiger charge is 2.07. The third-order valence-corrected chi connectivity index (χ3v) is 2.72. The van der Waals surface area contributed by atoms with E-state index in [1.165, 1.54) is 0 Å². The van der Waals surface area contributed by atoms with Gasteiger partial charge in [-0.05, 0) is 24.1 Å². The van der Waals surface area contributed by atoms with E-state index in [9.17, 15) is 0 Å². The van der Waals surface area contributed by atoms with E-state index < -0.39 is 0 Å². The van der Waals surface area contributed by atoms with E-state index in [4.69, 9.17) is 5.73 Å². The van der Waals surface area contributed by atoms with Crippen LogP contribution in [0.5, 0.6) is 0 Å². The van der Waals surface area contributed by atoms with Gasteiger partial charge in [-0.1, -0.05) is 43.3 Å². The van der Waals surface area contributed by atoms with Gasteiger partial charge in [-0.2, -0.15) is 0 Å². The highest BCUT2D eigenvalue weighted by molar-refractivity contribution is 5.87. The summed E-state index contributed by atoms with van der Waals surface area (Å²) in [5.41, 5.74) is 10.3. The lowest BCUT2D eigenvalue weighted by Crippen LogP contribution is -2.03. The number of rotatable bonds is 4. The molecule has 0 aliphatic heterocycles. The maximum atomic E-state index is 6.09. The SMILES string of the molecule is CCCNc1cccc(N)c1-c1ccccc1. The van der Waals surface area contributed by atoms with Crippen molar-refractivity contribution in [2.75, 3.05) is 17.6 Å². The zero-order chi connectivity index (χ0) is 12.1. The van der Waals surface area contributed by atoms with Crippen molar-refractivity contribution in [3.8, 4) is 11.1 Å². The van der Waals surface area contributed by atoms with Gasteiger partial charge in [0.05, 0.1) is 0 Å². The van der Waals surface area contributed by atoms with Gasteiger partial charge < -0.3 is 11.1 Å².